The van der Waals surface area contributed by atoms with Crippen LogP contribution in [0.4, 0.5) is 0 Å². The highest BCUT2D eigenvalue weighted by Gasteiger charge is 2.41. The maximum atomic E-state index is 12.8. The van der Waals surface area contributed by atoms with Crippen LogP contribution in [-0.4, -0.2) is 36.5 Å². The van der Waals surface area contributed by atoms with Gasteiger partial charge in [0.05, 0.1) is 6.61 Å². The zero-order chi connectivity index (χ0) is 16.0. The van der Waals surface area contributed by atoms with Gasteiger partial charge in [0.2, 0.25) is 5.91 Å². The van der Waals surface area contributed by atoms with Crippen molar-refractivity contribution in [1.82, 2.24) is 4.90 Å². The molecule has 1 rings (SSSR count). The van der Waals surface area contributed by atoms with Crippen molar-refractivity contribution in [3.63, 3.8) is 0 Å². The first-order chi connectivity index (χ1) is 9.81. The molecule has 0 spiro atoms. The van der Waals surface area contributed by atoms with Crippen molar-refractivity contribution >= 4 is 11.9 Å². The van der Waals surface area contributed by atoms with Gasteiger partial charge in [0, 0.05) is 13.1 Å². The van der Waals surface area contributed by atoms with Crippen LogP contribution in [-0.2, 0) is 14.3 Å². The van der Waals surface area contributed by atoms with Crippen LogP contribution in [0.15, 0.2) is 0 Å². The van der Waals surface area contributed by atoms with Gasteiger partial charge in [-0.05, 0) is 31.1 Å². The fourth-order valence-electron chi connectivity index (χ4n) is 3.08. The van der Waals surface area contributed by atoms with E-state index in [0.717, 1.165) is 31.8 Å². The van der Waals surface area contributed by atoms with Crippen LogP contribution in [0.2, 0.25) is 0 Å². The number of ether oxygens (including phenoxy) is 1. The Hall–Kier alpha value is -1.06. The molecule has 1 atom stereocenters. The Balaban J connectivity index is 2.72. The number of piperidine rings is 1. The maximum absolute atomic E-state index is 12.8. The number of rotatable bonds is 5. The number of hydrogen-bond donors (Lipinski definition) is 0. The van der Waals surface area contributed by atoms with Crippen molar-refractivity contribution in [2.45, 2.75) is 60.3 Å². The van der Waals surface area contributed by atoms with E-state index in [1.54, 1.807) is 6.92 Å². The summed E-state index contributed by atoms with van der Waals surface area (Å²) in [4.78, 5) is 26.8. The highest BCUT2D eigenvalue weighted by atomic mass is 16.5. The monoisotopic (exact) mass is 297 g/mol. The van der Waals surface area contributed by atoms with E-state index in [-0.39, 0.29) is 11.9 Å². The third-order valence-corrected chi connectivity index (χ3v) is 4.26. The van der Waals surface area contributed by atoms with Crippen LogP contribution in [0.5, 0.6) is 0 Å². The topological polar surface area (TPSA) is 46.6 Å². The van der Waals surface area contributed by atoms with Gasteiger partial charge in [0.15, 0.2) is 0 Å². The lowest BCUT2D eigenvalue weighted by atomic mass is 9.79. The van der Waals surface area contributed by atoms with Crippen molar-refractivity contribution in [2.24, 2.45) is 17.3 Å². The minimum atomic E-state index is -0.694. The van der Waals surface area contributed by atoms with Crippen molar-refractivity contribution in [3.8, 4) is 0 Å². The smallest absolute Gasteiger partial charge is 0.319 e. The van der Waals surface area contributed by atoms with E-state index in [1.165, 1.54) is 12.8 Å². The fraction of sp³-hybridized carbons (Fsp3) is 0.882. The SMILES string of the molecule is CCCC1CCN(C(=O)C(C(=O)OCC)C(C)(C)C)CC1. The lowest BCUT2D eigenvalue weighted by Crippen LogP contribution is -2.48. The molecule has 1 saturated heterocycles. The predicted octanol–water partition coefficient (Wildman–Crippen LogP) is 3.25. The number of likely N-dealkylation sites (tertiary alicyclic amines) is 1. The summed E-state index contributed by atoms with van der Waals surface area (Å²) in [5.41, 5.74) is -0.413. The molecule has 0 radical (unpaired) electrons. The Bertz CT molecular complexity index is 352. The highest BCUT2D eigenvalue weighted by Crippen LogP contribution is 2.31. The first-order valence-corrected chi connectivity index (χ1v) is 8.26. The van der Waals surface area contributed by atoms with E-state index >= 15 is 0 Å². The lowest BCUT2D eigenvalue weighted by Gasteiger charge is -2.37. The molecule has 1 unspecified atom stereocenters. The molecule has 0 N–H and O–H groups in total. The van der Waals surface area contributed by atoms with Crippen molar-refractivity contribution < 1.29 is 14.3 Å². The van der Waals surface area contributed by atoms with Gasteiger partial charge in [-0.25, -0.2) is 0 Å². The van der Waals surface area contributed by atoms with Crippen LogP contribution in [0, 0.1) is 17.3 Å². The summed E-state index contributed by atoms with van der Waals surface area (Å²) in [6.45, 7) is 11.6. The third kappa shape index (κ3) is 5.01. The second kappa shape index (κ2) is 7.81. The van der Waals surface area contributed by atoms with Gasteiger partial charge in [0.25, 0.3) is 0 Å². The fourth-order valence-corrected chi connectivity index (χ4v) is 3.08. The average Bonchev–Trinajstić information content (AvgIpc) is 2.38. The molecule has 1 aliphatic heterocycles. The van der Waals surface area contributed by atoms with Crippen molar-refractivity contribution in [2.75, 3.05) is 19.7 Å². The van der Waals surface area contributed by atoms with Crippen LogP contribution < -0.4 is 0 Å². The maximum Gasteiger partial charge on any atom is 0.319 e. The second-order valence-electron chi connectivity index (χ2n) is 7.11. The number of nitrogens with zero attached hydrogens (tertiary/aromatic N) is 1. The summed E-state index contributed by atoms with van der Waals surface area (Å²) in [6, 6.07) is 0. The Morgan fingerprint density at radius 2 is 1.76 bits per heavy atom. The standard InChI is InChI=1S/C17H31NO3/c1-6-8-13-9-11-18(12-10-13)15(19)14(17(3,4)5)16(20)21-7-2/h13-14H,6-12H2,1-5H3. The Kier molecular flexibility index (Phi) is 6.69. The second-order valence-corrected chi connectivity index (χ2v) is 7.11. The number of carbonyl (C=O) groups is 2. The van der Waals surface area contributed by atoms with Gasteiger partial charge in [-0.15, -0.1) is 0 Å². The molecule has 0 aromatic carbocycles. The molecule has 4 heteroatoms. The molecular formula is C17H31NO3. The Morgan fingerprint density at radius 1 is 1.19 bits per heavy atom. The Morgan fingerprint density at radius 3 is 2.19 bits per heavy atom. The summed E-state index contributed by atoms with van der Waals surface area (Å²) in [5.74, 6) is -0.406. The van der Waals surface area contributed by atoms with Gasteiger partial charge in [-0.1, -0.05) is 40.5 Å². The lowest BCUT2D eigenvalue weighted by molar-refractivity contribution is -0.161. The molecule has 0 aromatic heterocycles. The quantitative estimate of drug-likeness (QED) is 0.578. The molecule has 0 aromatic rings. The molecule has 0 aliphatic carbocycles. The van der Waals surface area contributed by atoms with Gasteiger partial charge in [-0.2, -0.15) is 0 Å². The summed E-state index contributed by atoms with van der Waals surface area (Å²) in [5, 5.41) is 0. The molecule has 0 saturated carbocycles. The molecule has 1 aliphatic rings. The largest absolute Gasteiger partial charge is 0.465 e. The van der Waals surface area contributed by atoms with Gasteiger partial charge in [-0.3, -0.25) is 9.59 Å². The van der Waals surface area contributed by atoms with E-state index < -0.39 is 11.3 Å². The highest BCUT2D eigenvalue weighted by molar-refractivity contribution is 5.98. The number of hydrogen-bond acceptors (Lipinski definition) is 3. The molecular weight excluding hydrogens is 266 g/mol. The normalized spacial score (nSPS) is 18.4. The molecule has 1 fully saturated rings. The summed E-state index contributed by atoms with van der Waals surface area (Å²) < 4.78 is 5.12. The van der Waals surface area contributed by atoms with E-state index in [9.17, 15) is 9.59 Å². The van der Waals surface area contributed by atoms with E-state index in [4.69, 9.17) is 4.74 Å². The number of carbonyl (C=O) groups excluding carboxylic acids is 2. The van der Waals surface area contributed by atoms with Crippen LogP contribution in [0.3, 0.4) is 0 Å². The number of esters is 1. The zero-order valence-electron chi connectivity index (χ0n) is 14.3. The summed E-state index contributed by atoms with van der Waals surface area (Å²) in [7, 11) is 0. The minimum Gasteiger partial charge on any atom is -0.465 e. The minimum absolute atomic E-state index is 0.0594. The van der Waals surface area contributed by atoms with Crippen LogP contribution >= 0.6 is 0 Å². The molecule has 1 heterocycles. The average molecular weight is 297 g/mol. The molecule has 21 heavy (non-hydrogen) atoms. The predicted molar refractivity (Wildman–Crippen MR) is 83.8 cm³/mol. The summed E-state index contributed by atoms with van der Waals surface area (Å²) in [6.07, 6.45) is 4.55. The van der Waals surface area contributed by atoms with E-state index in [2.05, 4.69) is 6.92 Å². The van der Waals surface area contributed by atoms with Gasteiger partial charge >= 0.3 is 5.97 Å². The number of amides is 1. The van der Waals surface area contributed by atoms with Gasteiger partial charge in [0.1, 0.15) is 5.92 Å². The zero-order valence-corrected chi connectivity index (χ0v) is 14.3. The third-order valence-electron chi connectivity index (χ3n) is 4.26. The molecule has 0 bridgehead atoms. The first kappa shape index (κ1) is 18.0. The van der Waals surface area contributed by atoms with Crippen LogP contribution in [0.1, 0.15) is 60.3 Å². The molecule has 1 amide bonds. The van der Waals surface area contributed by atoms with Crippen LogP contribution in [0.25, 0.3) is 0 Å². The van der Waals surface area contributed by atoms with Crippen molar-refractivity contribution in [3.05, 3.63) is 0 Å². The van der Waals surface area contributed by atoms with E-state index in [0.29, 0.717) is 6.61 Å². The Labute approximate surface area is 129 Å². The summed E-state index contributed by atoms with van der Waals surface area (Å²) >= 11 is 0. The molecule has 122 valence electrons. The van der Waals surface area contributed by atoms with E-state index in [1.807, 2.05) is 25.7 Å². The first-order valence-electron chi connectivity index (χ1n) is 8.26. The molecule has 4 nitrogen and oxygen atoms in total. The van der Waals surface area contributed by atoms with Crippen molar-refractivity contribution in [1.29, 1.82) is 0 Å². The van der Waals surface area contributed by atoms with Gasteiger partial charge < -0.3 is 9.64 Å².